The molecule has 0 bridgehead atoms. The number of nitrogens with two attached hydrogens (primary N) is 1. The Kier molecular flexibility index (Phi) is 4.99. The van der Waals surface area contributed by atoms with Crippen molar-refractivity contribution in [3.63, 3.8) is 0 Å². The number of nitrogens with zero attached hydrogens (tertiary/aromatic N) is 1. The van der Waals surface area contributed by atoms with Gasteiger partial charge in [0.05, 0.1) is 16.3 Å². The maximum absolute atomic E-state index is 11.3. The highest BCUT2D eigenvalue weighted by Crippen LogP contribution is 2.10. The van der Waals surface area contributed by atoms with E-state index < -0.39 is 16.6 Å². The van der Waals surface area contributed by atoms with Gasteiger partial charge in [0.2, 0.25) is 0 Å². The monoisotopic (exact) mass is 339 g/mol. The van der Waals surface area contributed by atoms with Crippen molar-refractivity contribution in [2.75, 3.05) is 0 Å². The van der Waals surface area contributed by atoms with Crippen molar-refractivity contribution < 1.29 is 13.2 Å². The van der Waals surface area contributed by atoms with Crippen molar-refractivity contribution in [2.45, 2.75) is 12.3 Å². The maximum Gasteiger partial charge on any atom is 0.252 e. The lowest BCUT2D eigenvalue weighted by atomic mass is 10.1. The molecule has 0 radical (unpaired) electrons. The van der Waals surface area contributed by atoms with Gasteiger partial charge in [-0.25, -0.2) is 8.42 Å². The first-order valence-corrected chi connectivity index (χ1v) is 8.05. The van der Waals surface area contributed by atoms with E-state index in [-0.39, 0.29) is 16.8 Å². The molecule has 0 aliphatic rings. The van der Waals surface area contributed by atoms with Crippen molar-refractivity contribution >= 4 is 28.2 Å². The smallest absolute Gasteiger partial charge is 0.252 e. The molecular formula is C14H14ClN3O3S. The quantitative estimate of drug-likeness (QED) is 0.704. The number of thiol groups is 1. The van der Waals surface area contributed by atoms with Gasteiger partial charge in [-0.1, -0.05) is 35.9 Å². The number of benzene rings is 1. The molecule has 22 heavy (non-hydrogen) atoms. The van der Waals surface area contributed by atoms with E-state index in [9.17, 15) is 13.2 Å². The van der Waals surface area contributed by atoms with E-state index >= 15 is 0 Å². The van der Waals surface area contributed by atoms with E-state index in [4.69, 9.17) is 22.7 Å². The number of rotatable bonds is 5. The van der Waals surface area contributed by atoms with Crippen molar-refractivity contribution in [2.24, 2.45) is 5.73 Å². The van der Waals surface area contributed by atoms with Gasteiger partial charge >= 0.3 is 0 Å². The van der Waals surface area contributed by atoms with Gasteiger partial charge in [0, 0.05) is 12.7 Å². The van der Waals surface area contributed by atoms with Gasteiger partial charge < -0.3 is 10.3 Å². The first-order chi connectivity index (χ1) is 10.4. The third kappa shape index (κ3) is 3.96. The molecule has 8 heteroatoms. The largest absolute Gasteiger partial charge is 0.365 e. The van der Waals surface area contributed by atoms with E-state index in [0.29, 0.717) is 17.1 Å². The minimum atomic E-state index is -2.46. The Morgan fingerprint density at radius 1 is 1.23 bits per heavy atom. The summed E-state index contributed by atoms with van der Waals surface area (Å²) >= 11 is 5.94. The number of aromatic nitrogens is 1. The molecule has 6 nitrogen and oxygen atoms in total. The first kappa shape index (κ1) is 16.3. The number of amides is 1. The summed E-state index contributed by atoms with van der Waals surface area (Å²) < 4.78 is 22.9. The average molecular weight is 340 g/mol. The third-order valence-corrected chi connectivity index (χ3v) is 3.89. The molecule has 3 N–H and O–H groups in total. The molecule has 2 aromatic rings. The van der Waals surface area contributed by atoms with E-state index in [1.165, 1.54) is 10.6 Å². The summed E-state index contributed by atoms with van der Waals surface area (Å²) in [5, 5.41) is 8.29. The number of hydrogen-bond donors (Lipinski definition) is 3. The highest BCUT2D eigenvalue weighted by Gasteiger charge is 2.08. The number of carbonyl (C=O) groups excluding carboxylic acids is 1. The Balaban J connectivity index is 2.31. The lowest BCUT2D eigenvalue weighted by molar-refractivity contribution is 0.0997. The Bertz CT molecular complexity index is 833. The van der Waals surface area contributed by atoms with E-state index in [1.807, 2.05) is 0 Å². The molecule has 0 unspecified atom stereocenters. The fourth-order valence-corrected chi connectivity index (χ4v) is 2.76. The van der Waals surface area contributed by atoms with Crippen molar-refractivity contribution in [1.82, 2.24) is 4.57 Å². The number of halogens is 1. The second-order valence-electron chi connectivity index (χ2n) is 4.72. The van der Waals surface area contributed by atoms with Gasteiger partial charge in [0.1, 0.15) is 16.2 Å². The van der Waals surface area contributed by atoms with E-state index in [2.05, 4.69) is 0 Å². The van der Waals surface area contributed by atoms with Gasteiger partial charge in [-0.3, -0.25) is 10.2 Å². The molecule has 0 aliphatic heterocycles. The third-order valence-electron chi connectivity index (χ3n) is 3.06. The van der Waals surface area contributed by atoms with Gasteiger partial charge in [-0.2, -0.15) is 0 Å². The van der Waals surface area contributed by atoms with Crippen LogP contribution in [0, 0.1) is 5.41 Å². The Morgan fingerprint density at radius 3 is 2.36 bits per heavy atom. The van der Waals surface area contributed by atoms with Crippen LogP contribution in [0.4, 0.5) is 0 Å². The molecule has 1 heterocycles. The van der Waals surface area contributed by atoms with Gasteiger partial charge in [0.15, 0.2) is 0 Å². The molecule has 0 atom stereocenters. The van der Waals surface area contributed by atoms with E-state index in [0.717, 1.165) is 5.56 Å². The number of nitrogens with one attached hydrogen (secondary N) is 1. The van der Waals surface area contributed by atoms with Crippen molar-refractivity contribution in [1.29, 1.82) is 5.41 Å². The summed E-state index contributed by atoms with van der Waals surface area (Å²) in [5.74, 6) is -0.717. The van der Waals surface area contributed by atoms with Gasteiger partial charge in [-0.15, -0.1) is 0 Å². The molecule has 0 saturated heterocycles. The highest BCUT2D eigenvalue weighted by atomic mass is 35.5. The topological polar surface area (TPSA) is 106 Å². The van der Waals surface area contributed by atoms with Crippen LogP contribution in [0.15, 0.2) is 36.5 Å². The van der Waals surface area contributed by atoms with Crippen molar-refractivity contribution in [3.05, 3.63) is 63.7 Å². The summed E-state index contributed by atoms with van der Waals surface area (Å²) in [4.78, 5) is 11.3. The summed E-state index contributed by atoms with van der Waals surface area (Å²) in [6.07, 6.45) is 1.54. The van der Waals surface area contributed by atoms with Crippen LogP contribution in [-0.4, -0.2) is 18.9 Å². The molecule has 2 rings (SSSR count). The second-order valence-corrected chi connectivity index (χ2v) is 6.14. The minimum absolute atomic E-state index is 0.00452. The van der Waals surface area contributed by atoms with Crippen LogP contribution >= 0.6 is 11.6 Å². The average Bonchev–Trinajstić information content (AvgIpc) is 2.43. The highest BCUT2D eigenvalue weighted by molar-refractivity contribution is 7.71. The van der Waals surface area contributed by atoms with Crippen LogP contribution in [-0.2, 0) is 23.0 Å². The predicted molar refractivity (Wildman–Crippen MR) is 83.4 cm³/mol. The van der Waals surface area contributed by atoms with Crippen LogP contribution in [0.25, 0.3) is 0 Å². The summed E-state index contributed by atoms with van der Waals surface area (Å²) in [7, 11) is -2.46. The zero-order valence-corrected chi connectivity index (χ0v) is 13.1. The molecule has 0 fully saturated rings. The van der Waals surface area contributed by atoms with Crippen molar-refractivity contribution in [3.8, 4) is 0 Å². The van der Waals surface area contributed by atoms with Crippen LogP contribution < -0.4 is 11.2 Å². The number of primary amides is 1. The summed E-state index contributed by atoms with van der Waals surface area (Å²) in [6.45, 7) is 0.323. The Morgan fingerprint density at radius 2 is 1.82 bits per heavy atom. The minimum Gasteiger partial charge on any atom is -0.365 e. The molecule has 116 valence electrons. The fourth-order valence-electron chi connectivity index (χ4n) is 2.02. The molecule has 1 aromatic heterocycles. The number of carbonyl (C=O) groups is 1. The first-order valence-electron chi connectivity index (χ1n) is 6.31. The Labute approximate surface area is 133 Å². The van der Waals surface area contributed by atoms with Crippen LogP contribution in [0.1, 0.15) is 21.5 Å². The molecule has 1 amide bonds. The molecule has 0 spiro atoms. The zero-order valence-electron chi connectivity index (χ0n) is 11.5. The predicted octanol–water partition coefficient (Wildman–Crippen LogP) is 0.880. The molecule has 0 aliphatic carbocycles. The maximum atomic E-state index is 11.3. The lowest BCUT2D eigenvalue weighted by Crippen LogP contribution is -2.29. The van der Waals surface area contributed by atoms with E-state index in [1.54, 1.807) is 30.5 Å². The Hall–Kier alpha value is -2.12. The van der Waals surface area contributed by atoms with Crippen LogP contribution in [0.2, 0.25) is 5.02 Å². The number of hydrogen-bond acceptors (Lipinski definition) is 4. The van der Waals surface area contributed by atoms with Gasteiger partial charge in [0.25, 0.3) is 5.91 Å². The summed E-state index contributed by atoms with van der Waals surface area (Å²) in [5.41, 5.74) is 6.79. The zero-order chi connectivity index (χ0) is 16.3. The molecule has 0 saturated carbocycles. The van der Waals surface area contributed by atoms with Crippen LogP contribution in [0.3, 0.4) is 0 Å². The molecular weight excluding hydrogens is 326 g/mol. The standard InChI is InChI=1S/C14H14ClN3O3S/c15-11-5-12(14(17)19)13(16)18(7-11)6-9-1-3-10(4-2-9)8-22(20)21/h1-5,7,16,22H,6,8H2,(H2,17,19). The second kappa shape index (κ2) is 6.76. The summed E-state index contributed by atoms with van der Waals surface area (Å²) in [6, 6.07) is 8.32. The molecule has 1 aromatic carbocycles. The fraction of sp³-hybridized carbons (Fsp3) is 0.143. The van der Waals surface area contributed by atoms with Gasteiger partial charge in [-0.05, 0) is 17.2 Å². The number of pyridine rings is 1. The van der Waals surface area contributed by atoms with Crippen LogP contribution in [0.5, 0.6) is 0 Å². The normalized spacial score (nSPS) is 10.8. The lowest BCUT2D eigenvalue weighted by Gasteiger charge is -2.10. The SMILES string of the molecule is N=c1c(C(N)=O)cc(Cl)cn1Cc1ccc(C[SH](=O)=O)cc1.